The molecule has 1 aromatic rings. The molecule has 3 N–H and O–H groups in total. The Morgan fingerprint density at radius 3 is 2.58 bits per heavy atom. The maximum atomic E-state index is 12.1. The summed E-state index contributed by atoms with van der Waals surface area (Å²) in [4.78, 5) is 9.78. The Morgan fingerprint density at radius 1 is 1.53 bits per heavy atom. The topological polar surface area (TPSA) is 115 Å². The number of nitro benzene ring substituents is 1. The molecule has 0 saturated carbocycles. The first-order valence-corrected chi connectivity index (χ1v) is 7.22. The largest absolute Gasteiger partial charge is 0.329 e. The van der Waals surface area contributed by atoms with Crippen molar-refractivity contribution in [3.8, 4) is 0 Å². The quantitative estimate of drug-likeness (QED) is 0.626. The monoisotopic (exact) mass is 307 g/mol. The minimum atomic E-state index is -3.95. The van der Waals surface area contributed by atoms with Gasteiger partial charge in [-0.1, -0.05) is 11.6 Å². The fraction of sp³-hybridized carbons (Fsp3) is 0.400. The van der Waals surface area contributed by atoms with Crippen LogP contribution in [0.25, 0.3) is 0 Å². The first kappa shape index (κ1) is 15.8. The molecule has 19 heavy (non-hydrogen) atoms. The van der Waals surface area contributed by atoms with E-state index in [0.717, 1.165) is 0 Å². The van der Waals surface area contributed by atoms with Crippen molar-refractivity contribution < 1.29 is 13.3 Å². The van der Waals surface area contributed by atoms with Crippen LogP contribution in [-0.4, -0.2) is 25.9 Å². The van der Waals surface area contributed by atoms with Crippen molar-refractivity contribution >= 4 is 27.3 Å². The van der Waals surface area contributed by atoms with E-state index in [2.05, 4.69) is 4.72 Å². The fourth-order valence-corrected chi connectivity index (χ4v) is 3.34. The highest BCUT2D eigenvalue weighted by molar-refractivity contribution is 7.89. The van der Waals surface area contributed by atoms with Crippen molar-refractivity contribution in [2.24, 2.45) is 5.73 Å². The minimum absolute atomic E-state index is 0.102. The van der Waals surface area contributed by atoms with Gasteiger partial charge in [0, 0.05) is 18.7 Å². The van der Waals surface area contributed by atoms with E-state index in [1.54, 1.807) is 13.8 Å². The molecule has 0 spiro atoms. The van der Waals surface area contributed by atoms with Gasteiger partial charge in [0.15, 0.2) is 0 Å². The molecular formula is C10H14ClN3O4S. The number of nitrogens with two attached hydrogens (primary N) is 1. The van der Waals surface area contributed by atoms with Crippen LogP contribution in [0.5, 0.6) is 0 Å². The second-order valence-corrected chi connectivity index (χ2v) is 6.17. The second kappa shape index (κ2) is 5.83. The standard InChI is InChI=1S/C10H14ClN3O4S/c1-6-3-8(14(15)16)10(11)9(4-6)19(17,18)13-7(2)5-12/h3-4,7,13H,5,12H2,1-2H3/t7-/m0/s1. The summed E-state index contributed by atoms with van der Waals surface area (Å²) < 4.78 is 26.4. The number of nitro groups is 1. The number of hydrogen-bond donors (Lipinski definition) is 2. The lowest BCUT2D eigenvalue weighted by atomic mass is 10.2. The van der Waals surface area contributed by atoms with Gasteiger partial charge in [0.2, 0.25) is 10.0 Å². The molecule has 1 rings (SSSR count). The molecule has 0 fully saturated rings. The number of hydrogen-bond acceptors (Lipinski definition) is 5. The zero-order chi connectivity index (χ0) is 14.8. The van der Waals surface area contributed by atoms with Crippen molar-refractivity contribution in [2.45, 2.75) is 24.8 Å². The highest BCUT2D eigenvalue weighted by atomic mass is 35.5. The predicted molar refractivity (Wildman–Crippen MR) is 71.7 cm³/mol. The lowest BCUT2D eigenvalue weighted by molar-refractivity contribution is -0.385. The summed E-state index contributed by atoms with van der Waals surface area (Å²) in [7, 11) is -3.95. The van der Waals surface area contributed by atoms with E-state index in [9.17, 15) is 18.5 Å². The fourth-order valence-electron chi connectivity index (χ4n) is 1.42. The van der Waals surface area contributed by atoms with E-state index < -0.39 is 31.7 Å². The number of halogens is 1. The lowest BCUT2D eigenvalue weighted by Crippen LogP contribution is -2.37. The van der Waals surface area contributed by atoms with Gasteiger partial charge in [-0.25, -0.2) is 13.1 Å². The van der Waals surface area contributed by atoms with Crippen LogP contribution in [0.15, 0.2) is 17.0 Å². The third kappa shape index (κ3) is 3.63. The highest BCUT2D eigenvalue weighted by Crippen LogP contribution is 2.32. The van der Waals surface area contributed by atoms with Gasteiger partial charge in [-0.05, 0) is 25.5 Å². The summed E-state index contributed by atoms with van der Waals surface area (Å²) in [6.45, 7) is 3.23. The highest BCUT2D eigenvalue weighted by Gasteiger charge is 2.26. The average Bonchev–Trinajstić information content (AvgIpc) is 2.30. The molecule has 0 saturated heterocycles. The van der Waals surface area contributed by atoms with E-state index in [0.29, 0.717) is 5.56 Å². The van der Waals surface area contributed by atoms with Crippen LogP contribution in [0.3, 0.4) is 0 Å². The van der Waals surface area contributed by atoms with Crippen LogP contribution in [-0.2, 0) is 10.0 Å². The number of nitrogens with zero attached hydrogens (tertiary/aromatic N) is 1. The van der Waals surface area contributed by atoms with Gasteiger partial charge in [0.05, 0.1) is 4.92 Å². The summed E-state index contributed by atoms with van der Waals surface area (Å²) in [5.74, 6) is 0. The van der Waals surface area contributed by atoms with Crippen molar-refractivity contribution in [1.29, 1.82) is 0 Å². The van der Waals surface area contributed by atoms with Gasteiger partial charge < -0.3 is 5.73 Å². The second-order valence-electron chi connectivity index (χ2n) is 4.11. The summed E-state index contributed by atoms with van der Waals surface area (Å²) in [5, 5.41) is 10.4. The van der Waals surface area contributed by atoms with Crippen LogP contribution in [0.2, 0.25) is 5.02 Å². The molecule has 0 amide bonds. The smallest absolute Gasteiger partial charge is 0.289 e. The summed E-state index contributed by atoms with van der Waals surface area (Å²) in [6, 6.07) is 2.00. The third-order valence-electron chi connectivity index (χ3n) is 2.36. The Balaban J connectivity index is 3.39. The van der Waals surface area contributed by atoms with Gasteiger partial charge in [-0.15, -0.1) is 0 Å². The SMILES string of the molecule is Cc1cc([N+](=O)[O-])c(Cl)c(S(=O)(=O)N[C@@H](C)CN)c1. The van der Waals surface area contributed by atoms with Crippen molar-refractivity contribution in [1.82, 2.24) is 4.72 Å². The molecule has 106 valence electrons. The number of aryl methyl sites for hydroxylation is 1. The van der Waals surface area contributed by atoms with Gasteiger partial charge in [0.1, 0.15) is 9.92 Å². The molecule has 0 unspecified atom stereocenters. The molecule has 0 radical (unpaired) electrons. The van der Waals surface area contributed by atoms with Crippen LogP contribution < -0.4 is 10.5 Å². The van der Waals surface area contributed by atoms with E-state index >= 15 is 0 Å². The Bertz CT molecular complexity index is 603. The first-order valence-electron chi connectivity index (χ1n) is 5.36. The maximum Gasteiger partial charge on any atom is 0.289 e. The molecule has 0 bridgehead atoms. The Morgan fingerprint density at radius 2 is 2.11 bits per heavy atom. The van der Waals surface area contributed by atoms with E-state index in [-0.39, 0.29) is 11.4 Å². The lowest BCUT2D eigenvalue weighted by Gasteiger charge is -2.13. The third-order valence-corrected chi connectivity index (χ3v) is 4.48. The molecule has 1 aromatic carbocycles. The molecular weight excluding hydrogens is 294 g/mol. The van der Waals surface area contributed by atoms with Crippen molar-refractivity contribution in [3.05, 3.63) is 32.8 Å². The molecule has 0 aliphatic rings. The molecule has 7 nitrogen and oxygen atoms in total. The first-order chi connectivity index (χ1) is 8.69. The summed E-state index contributed by atoms with van der Waals surface area (Å²) in [5.41, 5.74) is 5.32. The number of sulfonamides is 1. The molecule has 0 aliphatic carbocycles. The predicted octanol–water partition coefficient (Wildman–Crippen LogP) is 1.18. The van der Waals surface area contributed by atoms with Gasteiger partial charge >= 0.3 is 0 Å². The van der Waals surface area contributed by atoms with E-state index in [1.807, 2.05) is 0 Å². The number of nitrogens with one attached hydrogen (secondary N) is 1. The van der Waals surface area contributed by atoms with Crippen LogP contribution in [0, 0.1) is 17.0 Å². The van der Waals surface area contributed by atoms with Gasteiger partial charge in [-0.3, -0.25) is 10.1 Å². The molecule has 0 aromatic heterocycles. The minimum Gasteiger partial charge on any atom is -0.329 e. The number of benzene rings is 1. The normalized spacial score (nSPS) is 13.3. The Kier molecular flexibility index (Phi) is 4.86. The molecule has 1 atom stereocenters. The Labute approximate surface area is 115 Å². The van der Waals surface area contributed by atoms with Crippen LogP contribution in [0.4, 0.5) is 5.69 Å². The Hall–Kier alpha value is -1.22. The number of rotatable bonds is 5. The maximum absolute atomic E-state index is 12.1. The molecule has 0 heterocycles. The summed E-state index contributed by atoms with van der Waals surface area (Å²) >= 11 is 5.79. The van der Waals surface area contributed by atoms with Crippen molar-refractivity contribution in [2.75, 3.05) is 6.54 Å². The van der Waals surface area contributed by atoms with Crippen LogP contribution >= 0.6 is 11.6 Å². The zero-order valence-corrected chi connectivity index (χ0v) is 12.0. The zero-order valence-electron chi connectivity index (χ0n) is 10.4. The van der Waals surface area contributed by atoms with Crippen LogP contribution in [0.1, 0.15) is 12.5 Å². The summed E-state index contributed by atoms with van der Waals surface area (Å²) in [6.07, 6.45) is 0. The molecule has 0 aliphatic heterocycles. The van der Waals surface area contributed by atoms with Gasteiger partial charge in [0.25, 0.3) is 5.69 Å². The molecule has 9 heteroatoms. The average molecular weight is 308 g/mol. The van der Waals surface area contributed by atoms with E-state index in [4.69, 9.17) is 17.3 Å². The van der Waals surface area contributed by atoms with E-state index in [1.165, 1.54) is 12.1 Å². The van der Waals surface area contributed by atoms with Crippen molar-refractivity contribution in [3.63, 3.8) is 0 Å². The van der Waals surface area contributed by atoms with Gasteiger partial charge in [-0.2, -0.15) is 0 Å².